The van der Waals surface area contributed by atoms with Crippen molar-refractivity contribution >= 4 is 6.09 Å². The minimum Gasteiger partial charge on any atom is -0.444 e. The molecule has 1 N–H and O–H groups in total. The highest BCUT2D eigenvalue weighted by Gasteiger charge is 2.48. The molecule has 1 aliphatic heterocycles. The topological polar surface area (TPSA) is 59.0 Å². The van der Waals surface area contributed by atoms with Gasteiger partial charge in [-0.05, 0) is 41.0 Å². The van der Waals surface area contributed by atoms with Crippen LogP contribution in [0.2, 0.25) is 0 Å². The predicted octanol–water partition coefficient (Wildman–Crippen LogP) is 2.91. The lowest BCUT2D eigenvalue weighted by Crippen LogP contribution is -2.53. The van der Waals surface area contributed by atoms with Crippen molar-refractivity contribution in [3.63, 3.8) is 0 Å². The fourth-order valence-electron chi connectivity index (χ4n) is 2.27. The van der Waals surface area contributed by atoms with Crippen molar-refractivity contribution in [1.82, 2.24) is 4.90 Å². The van der Waals surface area contributed by atoms with Crippen molar-refractivity contribution in [2.45, 2.75) is 84.3 Å². The number of amides is 1. The van der Waals surface area contributed by atoms with Gasteiger partial charge < -0.3 is 14.6 Å². The molecule has 0 aromatic rings. The zero-order valence-electron chi connectivity index (χ0n) is 14.6. The summed E-state index contributed by atoms with van der Waals surface area (Å²) in [6, 6.07) is -0.515. The summed E-state index contributed by atoms with van der Waals surface area (Å²) in [4.78, 5) is 13.9. The maximum atomic E-state index is 12.4. The third-order valence-electron chi connectivity index (χ3n) is 3.38. The zero-order chi connectivity index (χ0) is 17.0. The van der Waals surface area contributed by atoms with Gasteiger partial charge in [0, 0.05) is 6.42 Å². The van der Waals surface area contributed by atoms with Crippen LogP contribution in [0.1, 0.15) is 60.8 Å². The van der Waals surface area contributed by atoms with E-state index in [1.54, 1.807) is 13.8 Å². The molecule has 0 saturated carbocycles. The van der Waals surface area contributed by atoms with Gasteiger partial charge in [-0.25, -0.2) is 4.79 Å². The first-order chi connectivity index (χ1) is 10.1. The molecule has 0 bridgehead atoms. The van der Waals surface area contributed by atoms with E-state index in [9.17, 15) is 9.90 Å². The van der Waals surface area contributed by atoms with E-state index in [-0.39, 0.29) is 6.61 Å². The number of aliphatic hydroxyl groups is 1. The minimum atomic E-state index is -0.939. The van der Waals surface area contributed by atoms with Crippen LogP contribution in [0.25, 0.3) is 0 Å². The summed E-state index contributed by atoms with van der Waals surface area (Å²) >= 11 is 0. The fraction of sp³-hybridized carbons (Fsp3) is 0.824. The summed E-state index contributed by atoms with van der Waals surface area (Å²) in [5, 5.41) is 10.3. The Morgan fingerprint density at radius 1 is 1.50 bits per heavy atom. The highest BCUT2D eigenvalue weighted by Crippen LogP contribution is 2.30. The van der Waals surface area contributed by atoms with Crippen LogP contribution in [0, 0.1) is 11.8 Å². The number of unbranched alkanes of at least 4 members (excludes halogenated alkanes) is 2. The quantitative estimate of drug-likeness (QED) is 0.643. The van der Waals surface area contributed by atoms with Gasteiger partial charge >= 0.3 is 6.09 Å². The van der Waals surface area contributed by atoms with E-state index in [0.29, 0.717) is 0 Å². The number of carbonyl (C=O) groups excluding carboxylic acids is 1. The first-order valence-electron chi connectivity index (χ1n) is 7.91. The molecule has 0 aromatic carbocycles. The minimum absolute atomic E-state index is 0.246. The molecule has 0 spiro atoms. The Morgan fingerprint density at radius 2 is 2.14 bits per heavy atom. The van der Waals surface area contributed by atoms with Gasteiger partial charge in [-0.3, -0.25) is 4.90 Å². The van der Waals surface area contributed by atoms with Crippen LogP contribution >= 0.6 is 0 Å². The number of aliphatic hydroxyl groups excluding tert-OH is 1. The summed E-state index contributed by atoms with van der Waals surface area (Å²) in [6.45, 7) is 11.3. The second kappa shape index (κ2) is 7.34. The van der Waals surface area contributed by atoms with E-state index >= 15 is 0 Å². The van der Waals surface area contributed by atoms with E-state index in [1.165, 1.54) is 4.90 Å². The Labute approximate surface area is 134 Å². The molecular formula is C17H29NO4. The Hall–Kier alpha value is -1.25. The Balaban J connectivity index is 2.84. The molecule has 22 heavy (non-hydrogen) atoms. The predicted molar refractivity (Wildman–Crippen MR) is 85.2 cm³/mol. The number of hydrogen-bond acceptors (Lipinski definition) is 4. The third kappa shape index (κ3) is 5.19. The first-order valence-corrected chi connectivity index (χ1v) is 7.91. The van der Waals surface area contributed by atoms with E-state index in [1.807, 2.05) is 20.8 Å². The van der Waals surface area contributed by atoms with Crippen molar-refractivity contribution in [3.05, 3.63) is 0 Å². The average Bonchev–Trinajstić information content (AvgIpc) is 2.68. The van der Waals surface area contributed by atoms with Crippen LogP contribution in [-0.4, -0.2) is 46.2 Å². The standard InChI is InChI=1S/C17H29NO4/c1-7-8-9-10-11-14(19)13-12-21-17(5,6)18(13)15(20)22-16(2,3)4/h13-14,19H,7-9,12H2,1-6H3/t13-,14-/m0/s1. The number of ether oxygens (including phenoxy) is 2. The van der Waals surface area contributed by atoms with Crippen LogP contribution < -0.4 is 0 Å². The number of hydrogen-bond donors (Lipinski definition) is 1. The van der Waals surface area contributed by atoms with Crippen LogP contribution in [-0.2, 0) is 9.47 Å². The fourth-order valence-corrected chi connectivity index (χ4v) is 2.27. The van der Waals surface area contributed by atoms with Gasteiger partial charge in [0.15, 0.2) is 0 Å². The Kier molecular flexibility index (Phi) is 6.27. The van der Waals surface area contributed by atoms with Gasteiger partial charge in [0.05, 0.1) is 12.6 Å². The lowest BCUT2D eigenvalue weighted by Gasteiger charge is -2.35. The lowest BCUT2D eigenvalue weighted by atomic mass is 10.1. The summed E-state index contributed by atoms with van der Waals surface area (Å²) in [7, 11) is 0. The smallest absolute Gasteiger partial charge is 0.413 e. The van der Waals surface area contributed by atoms with Gasteiger partial charge in [0.25, 0.3) is 0 Å². The van der Waals surface area contributed by atoms with Crippen LogP contribution in [0.5, 0.6) is 0 Å². The van der Waals surface area contributed by atoms with Crippen LogP contribution in [0.15, 0.2) is 0 Å². The van der Waals surface area contributed by atoms with E-state index in [0.717, 1.165) is 19.3 Å². The summed E-state index contributed by atoms with van der Waals surface area (Å²) < 4.78 is 11.1. The maximum Gasteiger partial charge on any atom is 0.413 e. The third-order valence-corrected chi connectivity index (χ3v) is 3.38. The van der Waals surface area contributed by atoms with Gasteiger partial charge in [-0.15, -0.1) is 5.92 Å². The van der Waals surface area contributed by atoms with E-state index in [2.05, 4.69) is 18.8 Å². The summed E-state index contributed by atoms with van der Waals surface area (Å²) in [5.74, 6) is 5.78. The Bertz CT molecular complexity index is 442. The van der Waals surface area contributed by atoms with Gasteiger partial charge in [-0.1, -0.05) is 19.3 Å². The van der Waals surface area contributed by atoms with Gasteiger partial charge in [0.1, 0.15) is 17.4 Å². The molecule has 1 amide bonds. The van der Waals surface area contributed by atoms with Crippen molar-refractivity contribution in [3.8, 4) is 11.8 Å². The summed E-state index contributed by atoms with van der Waals surface area (Å²) in [6.07, 6.45) is 1.38. The molecule has 1 saturated heterocycles. The SMILES string of the molecule is CCCCC#C[C@H](O)[C@@H]1COC(C)(C)N1C(=O)OC(C)(C)C. The summed E-state index contributed by atoms with van der Waals surface area (Å²) in [5.41, 5.74) is -1.42. The number of nitrogens with zero attached hydrogens (tertiary/aromatic N) is 1. The van der Waals surface area contributed by atoms with Gasteiger partial charge in [0.2, 0.25) is 0 Å². The average molecular weight is 311 g/mol. The highest BCUT2D eigenvalue weighted by molar-refractivity contribution is 5.70. The second-order valence-electron chi connectivity index (χ2n) is 7.04. The molecule has 1 heterocycles. The molecule has 1 fully saturated rings. The zero-order valence-corrected chi connectivity index (χ0v) is 14.6. The van der Waals surface area contributed by atoms with Crippen molar-refractivity contribution in [2.24, 2.45) is 0 Å². The monoisotopic (exact) mass is 311 g/mol. The molecule has 1 aliphatic rings. The molecule has 2 atom stereocenters. The molecule has 0 radical (unpaired) electrons. The largest absolute Gasteiger partial charge is 0.444 e. The molecule has 1 rings (SSSR count). The van der Waals surface area contributed by atoms with Crippen molar-refractivity contribution in [2.75, 3.05) is 6.61 Å². The van der Waals surface area contributed by atoms with E-state index < -0.39 is 29.6 Å². The molecule has 126 valence electrons. The molecule has 0 aromatic heterocycles. The van der Waals surface area contributed by atoms with Crippen molar-refractivity contribution in [1.29, 1.82) is 0 Å². The van der Waals surface area contributed by atoms with Crippen LogP contribution in [0.3, 0.4) is 0 Å². The lowest BCUT2D eigenvalue weighted by molar-refractivity contribution is -0.0658. The molecule has 0 unspecified atom stereocenters. The molecule has 0 aliphatic carbocycles. The van der Waals surface area contributed by atoms with E-state index in [4.69, 9.17) is 9.47 Å². The van der Waals surface area contributed by atoms with Crippen molar-refractivity contribution < 1.29 is 19.4 Å². The number of carbonyl (C=O) groups is 1. The Morgan fingerprint density at radius 3 is 2.68 bits per heavy atom. The first kappa shape index (κ1) is 18.8. The molecular weight excluding hydrogens is 282 g/mol. The highest BCUT2D eigenvalue weighted by atomic mass is 16.6. The maximum absolute atomic E-state index is 12.4. The van der Waals surface area contributed by atoms with Crippen LogP contribution in [0.4, 0.5) is 4.79 Å². The molecule has 5 nitrogen and oxygen atoms in total. The number of rotatable bonds is 3. The second-order valence-corrected chi connectivity index (χ2v) is 7.04. The normalized spacial score (nSPS) is 22.0. The molecule has 5 heteroatoms. The van der Waals surface area contributed by atoms with Gasteiger partial charge in [-0.2, -0.15) is 0 Å².